The summed E-state index contributed by atoms with van der Waals surface area (Å²) in [4.78, 5) is 13.4. The molecule has 6 nitrogen and oxygen atoms in total. The van der Waals surface area contributed by atoms with Crippen molar-refractivity contribution in [2.24, 2.45) is 12.8 Å². The van der Waals surface area contributed by atoms with Gasteiger partial charge in [0.15, 0.2) is 0 Å². The Hall–Kier alpha value is -1.92. The fourth-order valence-electron chi connectivity index (χ4n) is 2.95. The van der Waals surface area contributed by atoms with Gasteiger partial charge in [0.2, 0.25) is 0 Å². The first-order valence-electron chi connectivity index (χ1n) is 7.36. The smallest absolute Gasteiger partial charge is 0.128 e. The molecule has 1 saturated heterocycles. The van der Waals surface area contributed by atoms with Gasteiger partial charge in [0.25, 0.3) is 0 Å². The average molecular weight is 286 g/mol. The van der Waals surface area contributed by atoms with Gasteiger partial charge in [0.05, 0.1) is 18.1 Å². The highest BCUT2D eigenvalue weighted by atomic mass is 15.3. The Labute approximate surface area is 125 Å². The van der Waals surface area contributed by atoms with E-state index in [1.807, 2.05) is 37.9 Å². The average Bonchev–Trinajstić information content (AvgIpc) is 2.96. The van der Waals surface area contributed by atoms with Crippen molar-refractivity contribution in [2.75, 3.05) is 37.6 Å². The first-order valence-corrected chi connectivity index (χ1v) is 7.36. The van der Waals surface area contributed by atoms with Crippen LogP contribution in [0.3, 0.4) is 0 Å². The molecule has 2 aromatic rings. The fourth-order valence-corrected chi connectivity index (χ4v) is 2.95. The Morgan fingerprint density at radius 3 is 2.62 bits per heavy atom. The first kappa shape index (κ1) is 14.0. The molecular formula is C15H22N6. The van der Waals surface area contributed by atoms with Crippen LogP contribution in [0.25, 0.3) is 0 Å². The highest BCUT2D eigenvalue weighted by molar-refractivity contribution is 5.38. The van der Waals surface area contributed by atoms with Crippen LogP contribution in [0.15, 0.2) is 36.9 Å². The number of nitrogens with zero attached hydrogens (tertiary/aromatic N) is 5. The van der Waals surface area contributed by atoms with Crippen molar-refractivity contribution < 1.29 is 0 Å². The minimum atomic E-state index is 0.239. The van der Waals surface area contributed by atoms with Crippen LogP contribution in [-0.4, -0.2) is 52.2 Å². The van der Waals surface area contributed by atoms with E-state index in [4.69, 9.17) is 5.73 Å². The second-order valence-electron chi connectivity index (χ2n) is 5.39. The van der Waals surface area contributed by atoms with Crippen molar-refractivity contribution in [3.05, 3.63) is 42.6 Å². The molecule has 1 aliphatic rings. The minimum absolute atomic E-state index is 0.239. The number of piperazine rings is 1. The molecule has 0 spiro atoms. The van der Waals surface area contributed by atoms with E-state index >= 15 is 0 Å². The summed E-state index contributed by atoms with van der Waals surface area (Å²) in [5, 5.41) is 0. The summed E-state index contributed by atoms with van der Waals surface area (Å²) < 4.78 is 2.06. The van der Waals surface area contributed by atoms with Gasteiger partial charge in [-0.05, 0) is 12.1 Å². The number of nitrogens with two attached hydrogens (primary N) is 1. The van der Waals surface area contributed by atoms with Gasteiger partial charge >= 0.3 is 0 Å². The monoisotopic (exact) mass is 286 g/mol. The molecule has 1 unspecified atom stereocenters. The summed E-state index contributed by atoms with van der Waals surface area (Å²) in [5.74, 6) is 1.06. The number of aromatic nitrogens is 3. The molecule has 1 aliphatic heterocycles. The predicted octanol–water partition coefficient (Wildman–Crippen LogP) is 0.637. The fraction of sp³-hybridized carbons (Fsp3) is 0.467. The van der Waals surface area contributed by atoms with E-state index in [1.54, 1.807) is 0 Å². The van der Waals surface area contributed by atoms with Gasteiger partial charge in [-0.25, -0.2) is 9.97 Å². The zero-order valence-electron chi connectivity index (χ0n) is 12.4. The van der Waals surface area contributed by atoms with Crippen molar-refractivity contribution in [1.82, 2.24) is 19.4 Å². The number of imidazole rings is 1. The maximum atomic E-state index is 6.00. The molecule has 21 heavy (non-hydrogen) atoms. The van der Waals surface area contributed by atoms with Gasteiger partial charge in [-0.2, -0.15) is 0 Å². The summed E-state index contributed by atoms with van der Waals surface area (Å²) in [7, 11) is 2.02. The largest absolute Gasteiger partial charge is 0.354 e. The summed E-state index contributed by atoms with van der Waals surface area (Å²) >= 11 is 0. The molecule has 112 valence electrons. The van der Waals surface area contributed by atoms with Crippen LogP contribution >= 0.6 is 0 Å². The predicted molar refractivity (Wildman–Crippen MR) is 83.0 cm³/mol. The van der Waals surface area contributed by atoms with Gasteiger partial charge in [-0.15, -0.1) is 0 Å². The standard InChI is InChI=1S/C15H22N6/c1-19-12-17-11-14(19)13(10-16)20-6-8-21(9-7-20)15-4-2-3-5-18-15/h2-5,11-13H,6-10,16H2,1H3. The Bertz CT molecular complexity index is 559. The number of hydrogen-bond donors (Lipinski definition) is 1. The number of pyridine rings is 1. The molecule has 0 aromatic carbocycles. The van der Waals surface area contributed by atoms with E-state index in [-0.39, 0.29) is 6.04 Å². The molecular weight excluding hydrogens is 264 g/mol. The van der Waals surface area contributed by atoms with Gasteiger partial charge in [0.1, 0.15) is 5.82 Å². The molecule has 2 N–H and O–H groups in total. The normalized spacial score (nSPS) is 17.9. The van der Waals surface area contributed by atoms with E-state index in [0.29, 0.717) is 6.54 Å². The maximum Gasteiger partial charge on any atom is 0.128 e. The van der Waals surface area contributed by atoms with E-state index < -0.39 is 0 Å². The summed E-state index contributed by atoms with van der Waals surface area (Å²) in [6.07, 6.45) is 5.60. The molecule has 1 fully saturated rings. The van der Waals surface area contributed by atoms with Crippen LogP contribution in [-0.2, 0) is 7.05 Å². The summed E-state index contributed by atoms with van der Waals surface area (Å²) in [6.45, 7) is 4.55. The molecule has 3 heterocycles. The quantitative estimate of drug-likeness (QED) is 0.893. The molecule has 0 bridgehead atoms. The SMILES string of the molecule is Cn1cncc1C(CN)N1CCN(c2ccccn2)CC1. The van der Waals surface area contributed by atoms with Crippen molar-refractivity contribution in [3.8, 4) is 0 Å². The molecule has 3 rings (SSSR count). The molecule has 2 aromatic heterocycles. The number of rotatable bonds is 4. The lowest BCUT2D eigenvalue weighted by Gasteiger charge is -2.39. The zero-order chi connectivity index (χ0) is 14.7. The Morgan fingerprint density at radius 2 is 2.05 bits per heavy atom. The van der Waals surface area contributed by atoms with E-state index in [9.17, 15) is 0 Å². The van der Waals surface area contributed by atoms with Crippen LogP contribution in [0, 0.1) is 0 Å². The molecule has 1 atom stereocenters. The van der Waals surface area contributed by atoms with Crippen LogP contribution in [0.2, 0.25) is 0 Å². The second kappa shape index (κ2) is 6.24. The van der Waals surface area contributed by atoms with E-state index in [2.05, 4.69) is 30.4 Å². The van der Waals surface area contributed by atoms with Crippen molar-refractivity contribution in [3.63, 3.8) is 0 Å². The molecule has 0 radical (unpaired) electrons. The van der Waals surface area contributed by atoms with Crippen molar-refractivity contribution >= 4 is 5.82 Å². The van der Waals surface area contributed by atoms with Gasteiger partial charge in [0, 0.05) is 52.2 Å². The third-order valence-corrected chi connectivity index (χ3v) is 4.15. The molecule has 6 heteroatoms. The van der Waals surface area contributed by atoms with Gasteiger partial charge < -0.3 is 15.2 Å². The van der Waals surface area contributed by atoms with Crippen LogP contribution < -0.4 is 10.6 Å². The number of aryl methyl sites for hydroxylation is 1. The third-order valence-electron chi connectivity index (χ3n) is 4.15. The van der Waals surface area contributed by atoms with E-state index in [0.717, 1.165) is 32.0 Å². The van der Waals surface area contributed by atoms with Crippen molar-refractivity contribution in [2.45, 2.75) is 6.04 Å². The summed E-state index contributed by atoms with van der Waals surface area (Å²) in [5.41, 5.74) is 7.18. The first-order chi connectivity index (χ1) is 10.3. The number of hydrogen-bond acceptors (Lipinski definition) is 5. The number of anilines is 1. The highest BCUT2D eigenvalue weighted by Gasteiger charge is 2.26. The van der Waals surface area contributed by atoms with Crippen LogP contribution in [0.5, 0.6) is 0 Å². The topological polar surface area (TPSA) is 63.2 Å². The van der Waals surface area contributed by atoms with Gasteiger partial charge in [-0.3, -0.25) is 4.90 Å². The minimum Gasteiger partial charge on any atom is -0.354 e. The Balaban J connectivity index is 1.66. The lowest BCUT2D eigenvalue weighted by atomic mass is 10.1. The summed E-state index contributed by atoms with van der Waals surface area (Å²) in [6, 6.07) is 6.29. The van der Waals surface area contributed by atoms with E-state index in [1.165, 1.54) is 5.69 Å². The van der Waals surface area contributed by atoms with Gasteiger partial charge in [-0.1, -0.05) is 6.07 Å². The maximum absolute atomic E-state index is 6.00. The highest BCUT2D eigenvalue weighted by Crippen LogP contribution is 2.22. The lowest BCUT2D eigenvalue weighted by molar-refractivity contribution is 0.184. The Kier molecular flexibility index (Phi) is 4.17. The zero-order valence-corrected chi connectivity index (χ0v) is 12.4. The third kappa shape index (κ3) is 2.91. The molecule has 0 saturated carbocycles. The molecule has 0 amide bonds. The van der Waals surface area contributed by atoms with Crippen LogP contribution in [0.1, 0.15) is 11.7 Å². The van der Waals surface area contributed by atoms with Crippen molar-refractivity contribution in [1.29, 1.82) is 0 Å². The molecule has 0 aliphatic carbocycles. The lowest BCUT2D eigenvalue weighted by Crippen LogP contribution is -2.49. The Morgan fingerprint density at radius 1 is 1.24 bits per heavy atom. The van der Waals surface area contributed by atoms with Crippen LogP contribution in [0.4, 0.5) is 5.82 Å². The second-order valence-corrected chi connectivity index (χ2v) is 5.39.